The predicted octanol–water partition coefficient (Wildman–Crippen LogP) is 0.490. The number of carbonyl (C=O) groups excluding carboxylic acids is 3. The van der Waals surface area contributed by atoms with E-state index in [1.54, 1.807) is 23.0 Å². The highest BCUT2D eigenvalue weighted by atomic mass is 16.2. The number of imide groups is 1. The molecule has 9 heteroatoms. The summed E-state index contributed by atoms with van der Waals surface area (Å²) in [4.78, 5) is 47.9. The highest BCUT2D eigenvalue weighted by Gasteiger charge is 2.56. The first-order valence-corrected chi connectivity index (χ1v) is 10.0. The van der Waals surface area contributed by atoms with Crippen LogP contribution in [0.5, 0.6) is 0 Å². The van der Waals surface area contributed by atoms with Crippen molar-refractivity contribution in [2.45, 2.75) is 43.7 Å². The van der Waals surface area contributed by atoms with E-state index in [1.165, 1.54) is 0 Å². The number of likely N-dealkylation sites (N-methyl/N-ethyl adjacent to an activating group) is 1. The number of imidazole rings is 1. The van der Waals surface area contributed by atoms with E-state index < -0.39 is 5.54 Å². The van der Waals surface area contributed by atoms with Gasteiger partial charge in [0, 0.05) is 46.1 Å². The molecule has 28 heavy (non-hydrogen) atoms. The van der Waals surface area contributed by atoms with Crippen molar-refractivity contribution < 1.29 is 14.4 Å². The molecule has 1 saturated carbocycles. The Morgan fingerprint density at radius 3 is 2.68 bits per heavy atom. The molecule has 4 amide bonds. The molecule has 1 spiro atoms. The summed E-state index contributed by atoms with van der Waals surface area (Å²) >= 11 is 0. The lowest BCUT2D eigenvalue weighted by Gasteiger charge is -2.36. The summed E-state index contributed by atoms with van der Waals surface area (Å²) in [6, 6.07) is -0.570. The van der Waals surface area contributed by atoms with E-state index in [-0.39, 0.29) is 30.4 Å². The van der Waals surface area contributed by atoms with Crippen molar-refractivity contribution in [3.05, 3.63) is 18.2 Å². The number of rotatable bonds is 3. The Labute approximate surface area is 164 Å². The molecule has 1 unspecified atom stereocenters. The number of nitrogens with one attached hydrogen (secondary N) is 1. The summed E-state index contributed by atoms with van der Waals surface area (Å²) in [6.07, 6.45) is 7.88. The molecule has 3 fully saturated rings. The van der Waals surface area contributed by atoms with Gasteiger partial charge in [-0.2, -0.15) is 0 Å². The van der Waals surface area contributed by atoms with Crippen molar-refractivity contribution in [1.29, 1.82) is 0 Å². The lowest BCUT2D eigenvalue weighted by atomic mass is 9.81. The normalized spacial score (nSPS) is 25.1. The zero-order chi connectivity index (χ0) is 19.9. The van der Waals surface area contributed by atoms with Crippen LogP contribution in [-0.2, 0) is 16.6 Å². The topological polar surface area (TPSA) is 90.8 Å². The van der Waals surface area contributed by atoms with E-state index in [1.807, 2.05) is 17.8 Å². The average molecular weight is 388 g/mol. The maximum atomic E-state index is 13.1. The zero-order valence-corrected chi connectivity index (χ0v) is 16.6. The van der Waals surface area contributed by atoms with Gasteiger partial charge >= 0.3 is 6.03 Å². The van der Waals surface area contributed by atoms with Crippen LogP contribution in [0.15, 0.2) is 12.4 Å². The first kappa shape index (κ1) is 18.9. The molecule has 3 heterocycles. The molecular weight excluding hydrogens is 360 g/mol. The molecule has 2 saturated heterocycles. The molecule has 1 aromatic rings. The minimum atomic E-state index is -0.752. The van der Waals surface area contributed by atoms with Crippen LogP contribution in [0, 0.1) is 0 Å². The monoisotopic (exact) mass is 388 g/mol. The third-order valence-corrected chi connectivity index (χ3v) is 6.50. The number of urea groups is 1. The molecule has 1 aliphatic carbocycles. The lowest BCUT2D eigenvalue weighted by Crippen LogP contribution is -2.53. The SMILES string of the molecule is CN1C(=O)N(CC(=O)N2CCNCC2c2nccn2C)C(=O)C12CCCCC2. The Hall–Kier alpha value is -2.42. The average Bonchev–Trinajstić information content (AvgIpc) is 3.21. The highest BCUT2D eigenvalue weighted by Crippen LogP contribution is 2.39. The van der Waals surface area contributed by atoms with E-state index >= 15 is 0 Å². The molecule has 2 aliphatic heterocycles. The molecule has 1 aromatic heterocycles. The second-order valence-electron chi connectivity index (χ2n) is 8.03. The van der Waals surface area contributed by atoms with Crippen molar-refractivity contribution >= 4 is 17.8 Å². The second-order valence-corrected chi connectivity index (χ2v) is 8.03. The maximum absolute atomic E-state index is 13.1. The fraction of sp³-hybridized carbons (Fsp3) is 0.684. The van der Waals surface area contributed by atoms with Crippen LogP contribution < -0.4 is 5.32 Å². The van der Waals surface area contributed by atoms with E-state index in [9.17, 15) is 14.4 Å². The Morgan fingerprint density at radius 2 is 2.00 bits per heavy atom. The predicted molar refractivity (Wildman–Crippen MR) is 101 cm³/mol. The number of carbonyl (C=O) groups is 3. The molecule has 0 aromatic carbocycles. The van der Waals surface area contributed by atoms with E-state index in [0.29, 0.717) is 32.5 Å². The zero-order valence-electron chi connectivity index (χ0n) is 16.6. The second kappa shape index (κ2) is 7.20. The van der Waals surface area contributed by atoms with Crippen LogP contribution in [0.4, 0.5) is 4.79 Å². The summed E-state index contributed by atoms with van der Waals surface area (Å²) in [7, 11) is 3.59. The number of hydrogen-bond donors (Lipinski definition) is 1. The van der Waals surface area contributed by atoms with Crippen LogP contribution >= 0.6 is 0 Å². The van der Waals surface area contributed by atoms with Crippen LogP contribution in [-0.4, -0.2) is 80.9 Å². The molecule has 0 radical (unpaired) electrons. The van der Waals surface area contributed by atoms with Gasteiger partial charge in [0.25, 0.3) is 5.91 Å². The fourth-order valence-electron chi connectivity index (χ4n) is 4.83. The van der Waals surface area contributed by atoms with Crippen LogP contribution in [0.25, 0.3) is 0 Å². The van der Waals surface area contributed by atoms with Crippen molar-refractivity contribution in [2.75, 3.05) is 33.2 Å². The van der Waals surface area contributed by atoms with Crippen LogP contribution in [0.3, 0.4) is 0 Å². The number of nitrogens with zero attached hydrogens (tertiary/aromatic N) is 5. The molecule has 9 nitrogen and oxygen atoms in total. The number of amides is 4. The smallest absolute Gasteiger partial charge is 0.327 e. The first-order chi connectivity index (χ1) is 13.5. The van der Waals surface area contributed by atoms with E-state index in [2.05, 4.69) is 10.3 Å². The summed E-state index contributed by atoms with van der Waals surface area (Å²) in [6.45, 7) is 1.60. The van der Waals surface area contributed by atoms with Crippen LogP contribution in [0.1, 0.15) is 44.0 Å². The minimum absolute atomic E-state index is 0.204. The van der Waals surface area contributed by atoms with Gasteiger partial charge in [-0.15, -0.1) is 0 Å². The van der Waals surface area contributed by atoms with Gasteiger partial charge < -0.3 is 19.7 Å². The van der Waals surface area contributed by atoms with E-state index in [4.69, 9.17) is 0 Å². The molecule has 0 bridgehead atoms. The van der Waals surface area contributed by atoms with Crippen molar-refractivity contribution in [3.63, 3.8) is 0 Å². The Balaban J connectivity index is 1.53. The molecule has 1 atom stereocenters. The van der Waals surface area contributed by atoms with Gasteiger partial charge in [-0.05, 0) is 12.8 Å². The molecule has 1 N–H and O–H groups in total. The third-order valence-electron chi connectivity index (χ3n) is 6.50. The third kappa shape index (κ3) is 2.88. The van der Waals surface area contributed by atoms with Crippen molar-refractivity contribution in [2.24, 2.45) is 7.05 Å². The Kier molecular flexibility index (Phi) is 4.86. The number of hydrogen-bond acceptors (Lipinski definition) is 5. The molecule has 152 valence electrons. The molecule has 4 rings (SSSR count). The van der Waals surface area contributed by atoms with Crippen LogP contribution in [0.2, 0.25) is 0 Å². The Bertz CT molecular complexity index is 784. The van der Waals surface area contributed by atoms with Gasteiger partial charge in [-0.3, -0.25) is 14.5 Å². The van der Waals surface area contributed by atoms with Gasteiger partial charge in [0.15, 0.2) is 0 Å². The maximum Gasteiger partial charge on any atom is 0.327 e. The Morgan fingerprint density at radius 1 is 1.25 bits per heavy atom. The highest BCUT2D eigenvalue weighted by molar-refractivity contribution is 6.09. The van der Waals surface area contributed by atoms with Gasteiger partial charge in [-0.1, -0.05) is 19.3 Å². The fourth-order valence-corrected chi connectivity index (χ4v) is 4.83. The summed E-state index contributed by atoms with van der Waals surface area (Å²) in [5.41, 5.74) is -0.752. The van der Waals surface area contributed by atoms with Gasteiger partial charge in [0.2, 0.25) is 5.91 Å². The lowest BCUT2D eigenvalue weighted by molar-refractivity contribution is -0.142. The minimum Gasteiger partial charge on any atom is -0.336 e. The number of piperazine rings is 1. The number of aromatic nitrogens is 2. The van der Waals surface area contributed by atoms with Crippen molar-refractivity contribution in [1.82, 2.24) is 29.6 Å². The first-order valence-electron chi connectivity index (χ1n) is 10.0. The molecule has 3 aliphatic rings. The summed E-state index contributed by atoms with van der Waals surface area (Å²) in [5, 5.41) is 3.30. The summed E-state index contributed by atoms with van der Waals surface area (Å²) < 4.78 is 1.90. The van der Waals surface area contributed by atoms with Crippen molar-refractivity contribution in [3.8, 4) is 0 Å². The number of aryl methyl sites for hydroxylation is 1. The largest absolute Gasteiger partial charge is 0.336 e. The van der Waals surface area contributed by atoms with E-state index in [0.717, 1.165) is 30.0 Å². The van der Waals surface area contributed by atoms with Gasteiger partial charge in [0.1, 0.15) is 23.9 Å². The van der Waals surface area contributed by atoms with Gasteiger partial charge in [0.05, 0.1) is 0 Å². The summed E-state index contributed by atoms with van der Waals surface area (Å²) in [5.74, 6) is 0.370. The quantitative estimate of drug-likeness (QED) is 0.761. The standard InChI is InChI=1S/C19H28N6O3/c1-22-10-9-21-16(22)14-12-20-8-11-24(14)15(26)13-25-17(27)19(23(2)18(25)28)6-4-3-5-7-19/h9-10,14,20H,3-8,11-13H2,1-2H3. The van der Waals surface area contributed by atoms with Gasteiger partial charge in [-0.25, -0.2) is 9.78 Å². The molecular formula is C19H28N6O3.